The molecule has 1 amide bonds. The van der Waals surface area contributed by atoms with Crippen molar-refractivity contribution < 1.29 is 4.79 Å². The Morgan fingerprint density at radius 1 is 1.29 bits per heavy atom. The molecule has 2 rings (SSSR count). The molecule has 0 radical (unpaired) electrons. The number of amides is 1. The fraction of sp³-hybridized carbons (Fsp3) is 0.357. The largest absolute Gasteiger partial charge is 0.359 e. The van der Waals surface area contributed by atoms with Crippen LogP contribution in [0.4, 0.5) is 0 Å². The van der Waals surface area contributed by atoms with Gasteiger partial charge in [0.2, 0.25) is 0 Å². The van der Waals surface area contributed by atoms with E-state index in [1.165, 1.54) is 5.56 Å². The van der Waals surface area contributed by atoms with Crippen molar-refractivity contribution in [2.75, 3.05) is 0 Å². The number of H-pyrrole nitrogens is 1. The molecule has 1 aromatic rings. The first-order valence-electron chi connectivity index (χ1n) is 5.92. The van der Waals surface area contributed by atoms with Gasteiger partial charge in [0.05, 0.1) is 0 Å². The minimum atomic E-state index is 0.0223. The van der Waals surface area contributed by atoms with Gasteiger partial charge in [-0.05, 0) is 50.5 Å². The number of carbonyl (C=O) groups is 1. The molecule has 0 bridgehead atoms. The molecule has 1 aromatic heterocycles. The number of rotatable bonds is 2. The van der Waals surface area contributed by atoms with Crippen molar-refractivity contribution in [3.05, 3.63) is 39.9 Å². The highest BCUT2D eigenvalue weighted by atomic mass is 16.1. The van der Waals surface area contributed by atoms with Crippen molar-refractivity contribution in [3.8, 4) is 0 Å². The highest BCUT2D eigenvalue weighted by Crippen LogP contribution is 2.25. The summed E-state index contributed by atoms with van der Waals surface area (Å²) in [5, 5.41) is 2.92. The van der Waals surface area contributed by atoms with E-state index in [4.69, 9.17) is 0 Å². The second kappa shape index (κ2) is 4.24. The summed E-state index contributed by atoms with van der Waals surface area (Å²) < 4.78 is 0. The Kier molecular flexibility index (Phi) is 2.92. The first-order chi connectivity index (χ1) is 8.02. The van der Waals surface area contributed by atoms with E-state index in [2.05, 4.69) is 30.2 Å². The molecule has 17 heavy (non-hydrogen) atoms. The Morgan fingerprint density at radius 2 is 2.00 bits per heavy atom. The summed E-state index contributed by atoms with van der Waals surface area (Å²) in [7, 11) is 0. The molecule has 0 atom stereocenters. The summed E-state index contributed by atoms with van der Waals surface area (Å²) in [6, 6.07) is 2.10. The number of carbonyl (C=O) groups excluding carboxylic acids is 1. The average molecular weight is 230 g/mol. The van der Waals surface area contributed by atoms with Crippen LogP contribution < -0.4 is 5.32 Å². The predicted molar refractivity (Wildman–Crippen MR) is 69.4 cm³/mol. The molecular weight excluding hydrogens is 212 g/mol. The zero-order valence-electron chi connectivity index (χ0n) is 10.8. The number of nitrogens with one attached hydrogen (secondary N) is 2. The lowest BCUT2D eigenvalue weighted by Gasteiger charge is -2.03. The maximum Gasteiger partial charge on any atom is 0.251 e. The van der Waals surface area contributed by atoms with Gasteiger partial charge in [-0.15, -0.1) is 0 Å². The van der Waals surface area contributed by atoms with Gasteiger partial charge in [-0.2, -0.15) is 0 Å². The van der Waals surface area contributed by atoms with E-state index in [1.54, 1.807) is 0 Å². The van der Waals surface area contributed by atoms with Gasteiger partial charge in [-0.3, -0.25) is 4.79 Å². The highest BCUT2D eigenvalue weighted by Gasteiger charge is 2.22. The Bertz CT molecular complexity index is 532. The van der Waals surface area contributed by atoms with Crippen molar-refractivity contribution in [2.24, 2.45) is 0 Å². The summed E-state index contributed by atoms with van der Waals surface area (Å²) in [5.74, 6) is 0.0223. The monoisotopic (exact) mass is 230 g/mol. The van der Waals surface area contributed by atoms with E-state index < -0.39 is 0 Å². The van der Waals surface area contributed by atoms with Crippen LogP contribution in [0.2, 0.25) is 0 Å². The van der Waals surface area contributed by atoms with E-state index in [9.17, 15) is 4.79 Å². The third kappa shape index (κ3) is 2.05. The highest BCUT2D eigenvalue weighted by molar-refractivity contribution is 6.00. The molecule has 2 N–H and O–H groups in total. The number of aryl methyl sites for hydroxylation is 2. The molecule has 2 heterocycles. The van der Waals surface area contributed by atoms with E-state index in [-0.39, 0.29) is 5.91 Å². The lowest BCUT2D eigenvalue weighted by Crippen LogP contribution is -2.15. The molecule has 90 valence electrons. The van der Waals surface area contributed by atoms with Gasteiger partial charge >= 0.3 is 0 Å². The smallest absolute Gasteiger partial charge is 0.251 e. The van der Waals surface area contributed by atoms with Crippen LogP contribution in [-0.4, -0.2) is 10.9 Å². The van der Waals surface area contributed by atoms with Crippen LogP contribution in [0.3, 0.4) is 0 Å². The summed E-state index contributed by atoms with van der Waals surface area (Å²) in [6.07, 6.45) is 2.89. The summed E-state index contributed by atoms with van der Waals surface area (Å²) in [6.45, 7) is 8.04. The zero-order chi connectivity index (χ0) is 12.6. The SMILES string of the molecule is CCC1=C(C)C(=O)N/C1=C\c1[nH]c(C)cc1C. The molecule has 0 aliphatic carbocycles. The Hall–Kier alpha value is -1.77. The minimum Gasteiger partial charge on any atom is -0.359 e. The van der Waals surface area contributed by atoms with Crippen molar-refractivity contribution in [3.63, 3.8) is 0 Å². The maximum atomic E-state index is 11.6. The number of hydrogen-bond acceptors (Lipinski definition) is 1. The van der Waals surface area contributed by atoms with E-state index in [0.717, 1.165) is 34.7 Å². The van der Waals surface area contributed by atoms with Crippen molar-refractivity contribution >= 4 is 12.0 Å². The topological polar surface area (TPSA) is 44.9 Å². The number of aromatic nitrogens is 1. The first-order valence-corrected chi connectivity index (χ1v) is 5.92. The second-order valence-electron chi connectivity index (χ2n) is 4.52. The number of hydrogen-bond donors (Lipinski definition) is 2. The van der Waals surface area contributed by atoms with Crippen molar-refractivity contribution in [2.45, 2.75) is 34.1 Å². The minimum absolute atomic E-state index is 0.0223. The summed E-state index contributed by atoms with van der Waals surface area (Å²) in [5.41, 5.74) is 6.28. The standard InChI is InChI=1S/C14H18N2O/c1-5-11-10(4)14(17)16-13(11)7-12-8(2)6-9(3)15-12/h6-7,15H,5H2,1-4H3,(H,16,17)/b13-7-. The molecule has 0 saturated heterocycles. The second-order valence-corrected chi connectivity index (χ2v) is 4.52. The average Bonchev–Trinajstić information content (AvgIpc) is 2.70. The maximum absolute atomic E-state index is 11.6. The molecule has 0 fully saturated rings. The zero-order valence-corrected chi connectivity index (χ0v) is 10.8. The van der Waals surface area contributed by atoms with Crippen LogP contribution in [0.5, 0.6) is 0 Å². The van der Waals surface area contributed by atoms with Gasteiger partial charge < -0.3 is 10.3 Å². The third-order valence-corrected chi connectivity index (χ3v) is 3.20. The van der Waals surface area contributed by atoms with Crippen molar-refractivity contribution in [1.29, 1.82) is 0 Å². The van der Waals surface area contributed by atoms with Crippen LogP contribution in [0.1, 0.15) is 37.2 Å². The molecule has 0 unspecified atom stereocenters. The fourth-order valence-electron chi connectivity index (χ4n) is 2.25. The van der Waals surface area contributed by atoms with Crippen LogP contribution in [0, 0.1) is 13.8 Å². The fourth-order valence-corrected chi connectivity index (χ4v) is 2.25. The molecule has 0 aromatic carbocycles. The lowest BCUT2D eigenvalue weighted by molar-refractivity contribution is -0.116. The number of aromatic amines is 1. The van der Waals surface area contributed by atoms with Crippen molar-refractivity contribution in [1.82, 2.24) is 10.3 Å². The molecule has 0 saturated carbocycles. The first kappa shape index (κ1) is 11.7. The lowest BCUT2D eigenvalue weighted by atomic mass is 10.1. The molecule has 3 nitrogen and oxygen atoms in total. The van der Waals surface area contributed by atoms with Gasteiger partial charge in [0.1, 0.15) is 0 Å². The van der Waals surface area contributed by atoms with Gasteiger partial charge in [0.15, 0.2) is 0 Å². The normalized spacial score (nSPS) is 18.1. The van der Waals surface area contributed by atoms with Crippen LogP contribution >= 0.6 is 0 Å². The quantitative estimate of drug-likeness (QED) is 0.806. The predicted octanol–water partition coefficient (Wildman–Crippen LogP) is 2.83. The van der Waals surface area contributed by atoms with Crippen LogP contribution in [0.25, 0.3) is 6.08 Å². The van der Waals surface area contributed by atoms with Gasteiger partial charge in [0, 0.05) is 22.7 Å². The van der Waals surface area contributed by atoms with E-state index in [1.807, 2.05) is 19.9 Å². The van der Waals surface area contributed by atoms with Gasteiger partial charge in [-0.25, -0.2) is 0 Å². The molecule has 1 aliphatic rings. The molecule has 1 aliphatic heterocycles. The van der Waals surface area contributed by atoms with Gasteiger partial charge in [0.25, 0.3) is 5.91 Å². The third-order valence-electron chi connectivity index (χ3n) is 3.20. The summed E-state index contributed by atoms with van der Waals surface area (Å²) in [4.78, 5) is 14.9. The Morgan fingerprint density at radius 3 is 2.53 bits per heavy atom. The van der Waals surface area contributed by atoms with E-state index in [0.29, 0.717) is 0 Å². The van der Waals surface area contributed by atoms with Crippen LogP contribution in [0.15, 0.2) is 22.9 Å². The summed E-state index contributed by atoms with van der Waals surface area (Å²) >= 11 is 0. The van der Waals surface area contributed by atoms with Gasteiger partial charge in [-0.1, -0.05) is 6.92 Å². The van der Waals surface area contributed by atoms with E-state index >= 15 is 0 Å². The van der Waals surface area contributed by atoms with Crippen LogP contribution in [-0.2, 0) is 4.79 Å². The molecule has 0 spiro atoms. The Labute approximate surface area is 102 Å². The number of allylic oxidation sites excluding steroid dienone is 1. The molecular formula is C14H18N2O. The molecule has 3 heteroatoms. The Balaban J connectivity index is 2.42.